The van der Waals surface area contributed by atoms with E-state index in [1.54, 1.807) is 62.4 Å². The van der Waals surface area contributed by atoms with Crippen LogP contribution in [0.15, 0.2) is 203 Å². The summed E-state index contributed by atoms with van der Waals surface area (Å²) in [5.41, 5.74) is 12.6. The summed E-state index contributed by atoms with van der Waals surface area (Å²) >= 11 is 0. The Morgan fingerprint density at radius 3 is 1.22 bits per heavy atom. The molecule has 0 spiro atoms. The third-order valence-electron chi connectivity index (χ3n) is 13.9. The molecule has 10 aromatic rings. The predicted molar refractivity (Wildman–Crippen MR) is 345 cm³/mol. The Morgan fingerprint density at radius 1 is 0.483 bits per heavy atom. The number of carbonyl (C=O) groups is 2. The van der Waals surface area contributed by atoms with Crippen molar-refractivity contribution in [2.45, 2.75) is 39.7 Å². The molecular weight excluding hydrogens is 1200 g/mol. The van der Waals surface area contributed by atoms with Gasteiger partial charge in [0.05, 0.1) is 56.5 Å². The molecule has 0 radical (unpaired) electrons. The van der Waals surface area contributed by atoms with Crippen molar-refractivity contribution in [3.05, 3.63) is 228 Å². The molecule has 0 aliphatic carbocycles. The number of anilines is 2. The first-order valence-electron chi connectivity index (χ1n) is 28.3. The van der Waals surface area contributed by atoms with Gasteiger partial charge in [0.2, 0.25) is 20.0 Å². The predicted octanol–water partition coefficient (Wildman–Crippen LogP) is 13.8. The number of unbranched alkanes of at least 4 members (excludes halogenated alkanes) is 1. The number of aryl methyl sites for hydroxylation is 1. The normalized spacial score (nSPS) is 11.5. The molecule has 2 heterocycles. The van der Waals surface area contributed by atoms with Gasteiger partial charge in [-0.3, -0.25) is 12.8 Å². The van der Waals surface area contributed by atoms with Crippen molar-refractivity contribution >= 4 is 75.4 Å². The SMILES string of the molecule is CCOC(=O)c1c(-c2ccc(F)cc2)oc2cc(N(CCCCc3ccccc3)S(C)(=O)=O)c(-c3ccccc3)cc12.CCOC(=O)c1c(-c2ccc(F)cc2)oc2cc(N(CCOS(C)(=O)=O)S(C)(=O)=O)c(-c3ccccc3)cc12.NCc1ccccc1. The maximum Gasteiger partial charge on any atom is 0.342 e. The topological polar surface area (TPSA) is 223 Å². The number of ether oxygens (including phenoxy) is 2. The molecule has 2 aromatic heterocycles. The van der Waals surface area contributed by atoms with E-state index in [4.69, 9.17) is 28.2 Å². The molecule has 0 fully saturated rings. The third kappa shape index (κ3) is 17.2. The molecular formula is C68H67F2N3O13S3. The highest BCUT2D eigenvalue weighted by Gasteiger charge is 2.31. The Bertz CT molecular complexity index is 4380. The van der Waals surface area contributed by atoms with Crippen LogP contribution < -0.4 is 14.3 Å². The number of hydrogen-bond donors (Lipinski definition) is 1. The average molecular weight is 1270 g/mol. The molecule has 0 amide bonds. The van der Waals surface area contributed by atoms with Crippen molar-refractivity contribution in [3.8, 4) is 44.9 Å². The van der Waals surface area contributed by atoms with E-state index in [2.05, 4.69) is 12.1 Å². The number of carbonyl (C=O) groups excluding carboxylic acids is 2. The Hall–Kier alpha value is -8.99. The first-order valence-corrected chi connectivity index (χ1v) is 33.9. The highest BCUT2D eigenvalue weighted by molar-refractivity contribution is 7.92. The zero-order valence-corrected chi connectivity index (χ0v) is 52.0. The molecule has 0 aliphatic rings. The third-order valence-corrected chi connectivity index (χ3v) is 16.8. The lowest BCUT2D eigenvalue weighted by molar-refractivity contribution is 0.0519. The standard InChI is InChI=1S/C34H32FNO5S.C27H26FNO8S2.C7H9N/c1-3-40-34(37)32-29-22-28(25-15-8-5-9-16-25)30(23-31(29)41-33(32)26-17-19-27(35)20-18-26)36(42(2,38)39)21-11-10-14-24-12-6-4-7-13-24;1-4-35-27(30)25-22-16-21(18-8-6-5-7-9-18)23(29(38(2,31)32)14-15-36-39(3,33)34)17-24(22)37-26(25)19-10-12-20(28)13-11-19;8-6-7-4-2-1-3-5-7/h4-9,12-13,15-20,22-23H,3,10-11,14,21H2,1-2H3;5-13,16-17H,4,14-15H2,1-3H3;1-5H,6,8H2. The van der Waals surface area contributed by atoms with E-state index in [1.165, 1.54) is 76.3 Å². The first kappa shape index (κ1) is 66.0. The molecule has 2 N–H and O–H groups in total. The zero-order valence-electron chi connectivity index (χ0n) is 49.6. The number of furan rings is 2. The van der Waals surface area contributed by atoms with Gasteiger partial charge in [-0.05, 0) is 116 Å². The van der Waals surface area contributed by atoms with Crippen LogP contribution in [0.1, 0.15) is 58.5 Å². The van der Waals surface area contributed by atoms with E-state index in [9.17, 15) is 43.6 Å². The number of halogens is 2. The van der Waals surface area contributed by atoms with E-state index < -0.39 is 60.3 Å². The van der Waals surface area contributed by atoms with Crippen LogP contribution in [0.2, 0.25) is 0 Å². The molecule has 16 nitrogen and oxygen atoms in total. The van der Waals surface area contributed by atoms with Gasteiger partial charge < -0.3 is 24.0 Å². The molecule has 89 heavy (non-hydrogen) atoms. The molecule has 0 bridgehead atoms. The minimum atomic E-state index is -3.94. The lowest BCUT2D eigenvalue weighted by Crippen LogP contribution is -2.34. The van der Waals surface area contributed by atoms with Crippen molar-refractivity contribution in [1.82, 2.24) is 0 Å². The van der Waals surface area contributed by atoms with Crippen LogP contribution in [0.25, 0.3) is 66.8 Å². The van der Waals surface area contributed by atoms with Crippen molar-refractivity contribution in [2.24, 2.45) is 5.73 Å². The molecule has 0 saturated carbocycles. The minimum Gasteiger partial charge on any atom is -0.462 e. The van der Waals surface area contributed by atoms with Gasteiger partial charge in [0.1, 0.15) is 45.4 Å². The van der Waals surface area contributed by atoms with Gasteiger partial charge in [-0.2, -0.15) is 8.42 Å². The van der Waals surface area contributed by atoms with E-state index >= 15 is 0 Å². The second-order valence-corrected chi connectivity index (χ2v) is 25.8. The average Bonchev–Trinajstić information content (AvgIpc) is 1.69. The largest absolute Gasteiger partial charge is 0.462 e. The molecule has 8 aromatic carbocycles. The van der Waals surface area contributed by atoms with Crippen molar-refractivity contribution in [1.29, 1.82) is 0 Å². The Labute approximate surface area is 517 Å². The fourth-order valence-electron chi connectivity index (χ4n) is 9.84. The number of esters is 2. The zero-order chi connectivity index (χ0) is 63.9. The summed E-state index contributed by atoms with van der Waals surface area (Å²) in [5.74, 6) is -1.77. The van der Waals surface area contributed by atoms with Crippen LogP contribution in [-0.4, -0.2) is 88.9 Å². The monoisotopic (exact) mass is 1270 g/mol. The maximum atomic E-state index is 13.7. The number of benzene rings is 8. The minimum absolute atomic E-state index is 0.0974. The van der Waals surface area contributed by atoms with Crippen LogP contribution in [0, 0.1) is 11.6 Å². The van der Waals surface area contributed by atoms with Gasteiger partial charge in [-0.15, -0.1) is 0 Å². The summed E-state index contributed by atoms with van der Waals surface area (Å²) < 4.78 is 133. The number of hydrogen-bond acceptors (Lipinski definition) is 14. The fourth-order valence-corrected chi connectivity index (χ4v) is 12.1. The van der Waals surface area contributed by atoms with Gasteiger partial charge in [0.25, 0.3) is 10.1 Å². The van der Waals surface area contributed by atoms with Crippen LogP contribution in [0.3, 0.4) is 0 Å². The number of rotatable bonds is 22. The molecule has 10 rings (SSSR count). The Kier molecular flexibility index (Phi) is 22.1. The number of fused-ring (bicyclic) bond motifs is 2. The van der Waals surface area contributed by atoms with Crippen LogP contribution in [0.5, 0.6) is 0 Å². The summed E-state index contributed by atoms with van der Waals surface area (Å²) in [4.78, 5) is 26.3. The van der Waals surface area contributed by atoms with Crippen LogP contribution >= 0.6 is 0 Å². The fraction of sp³-hybridized carbons (Fsp3) is 0.206. The van der Waals surface area contributed by atoms with Crippen LogP contribution in [-0.2, 0) is 56.8 Å². The van der Waals surface area contributed by atoms with Gasteiger partial charge >= 0.3 is 11.9 Å². The first-order chi connectivity index (χ1) is 42.6. The van der Waals surface area contributed by atoms with Crippen LogP contribution in [0.4, 0.5) is 20.2 Å². The van der Waals surface area contributed by atoms with Gasteiger partial charge in [0.15, 0.2) is 0 Å². The van der Waals surface area contributed by atoms with Gasteiger partial charge in [-0.1, -0.05) is 121 Å². The highest BCUT2D eigenvalue weighted by atomic mass is 32.2. The second kappa shape index (κ2) is 29.8. The van der Waals surface area contributed by atoms with Gasteiger partial charge in [-0.25, -0.2) is 35.2 Å². The summed E-state index contributed by atoms with van der Waals surface area (Å²) in [6.45, 7) is 3.80. The highest BCUT2D eigenvalue weighted by Crippen LogP contribution is 2.44. The molecule has 0 saturated heterocycles. The Balaban J connectivity index is 0.000000205. The lowest BCUT2D eigenvalue weighted by Gasteiger charge is -2.25. The number of sulfonamides is 2. The van der Waals surface area contributed by atoms with E-state index in [0.29, 0.717) is 62.8 Å². The molecule has 0 unspecified atom stereocenters. The molecule has 464 valence electrons. The summed E-state index contributed by atoms with van der Waals surface area (Å²) in [6.07, 6.45) is 5.34. The Morgan fingerprint density at radius 2 is 0.865 bits per heavy atom. The summed E-state index contributed by atoms with van der Waals surface area (Å²) in [6, 6.07) is 55.9. The smallest absolute Gasteiger partial charge is 0.342 e. The molecule has 0 atom stereocenters. The molecule has 21 heteroatoms. The van der Waals surface area contributed by atoms with Crippen molar-refractivity contribution in [3.63, 3.8) is 0 Å². The number of nitrogens with two attached hydrogens (primary N) is 1. The quantitative estimate of drug-likeness (QED) is 0.0379. The maximum absolute atomic E-state index is 13.7. The summed E-state index contributed by atoms with van der Waals surface area (Å²) in [5, 5.41) is 0.837. The number of nitrogens with zero attached hydrogens (tertiary/aromatic N) is 2. The van der Waals surface area contributed by atoms with Gasteiger partial charge in [0, 0.05) is 58.2 Å². The lowest BCUT2D eigenvalue weighted by atomic mass is 9.98. The van der Waals surface area contributed by atoms with E-state index in [0.717, 1.165) is 35.2 Å². The second-order valence-electron chi connectivity index (χ2n) is 20.4. The summed E-state index contributed by atoms with van der Waals surface area (Å²) in [7, 11) is -11.4. The van der Waals surface area contributed by atoms with E-state index in [1.807, 2.05) is 78.9 Å². The van der Waals surface area contributed by atoms with E-state index in [-0.39, 0.29) is 60.2 Å². The van der Waals surface area contributed by atoms with Crippen molar-refractivity contribution in [2.75, 3.05) is 60.3 Å². The van der Waals surface area contributed by atoms with Crippen molar-refractivity contribution < 1.29 is 66.1 Å². The molecule has 0 aliphatic heterocycles.